The summed E-state index contributed by atoms with van der Waals surface area (Å²) in [7, 11) is 0. The topological polar surface area (TPSA) is 0 Å². The zero-order valence-corrected chi connectivity index (χ0v) is 53.2. The van der Waals surface area contributed by atoms with Crippen LogP contribution in [0.1, 0.15) is 169 Å². The zero-order chi connectivity index (χ0) is 52.6. The molecule has 0 aromatic heterocycles. The van der Waals surface area contributed by atoms with Crippen LogP contribution in [0, 0.1) is 0 Å². The Morgan fingerprint density at radius 1 is 0.365 bits per heavy atom. The van der Waals surface area contributed by atoms with Gasteiger partial charge < -0.3 is 24.8 Å². The Bertz CT molecular complexity index is 2610. The number of halogens is 2. The van der Waals surface area contributed by atoms with Crippen molar-refractivity contribution in [1.29, 1.82) is 0 Å². The van der Waals surface area contributed by atoms with Crippen LogP contribution in [0.3, 0.4) is 0 Å². The number of hydrogen-bond donors (Lipinski definition) is 0. The van der Waals surface area contributed by atoms with Crippen molar-refractivity contribution in [3.63, 3.8) is 0 Å². The second-order valence-corrected chi connectivity index (χ2v) is 34.3. The summed E-state index contributed by atoms with van der Waals surface area (Å²) >= 11 is 1.74. The van der Waals surface area contributed by atoms with Gasteiger partial charge in [0.05, 0.1) is 0 Å². The van der Waals surface area contributed by atoms with Crippen molar-refractivity contribution in [1.82, 2.24) is 0 Å². The molecule has 8 aromatic carbocycles. The van der Waals surface area contributed by atoms with Crippen LogP contribution in [0.2, 0.25) is 13.1 Å². The molecule has 0 saturated heterocycles. The van der Waals surface area contributed by atoms with E-state index in [0.29, 0.717) is 0 Å². The van der Waals surface area contributed by atoms with Gasteiger partial charge >= 0.3 is 41.9 Å². The van der Waals surface area contributed by atoms with Crippen LogP contribution in [0.15, 0.2) is 146 Å². The average Bonchev–Trinajstić information content (AvgIpc) is 3.95. The van der Waals surface area contributed by atoms with E-state index in [-0.39, 0.29) is 51.9 Å². The van der Waals surface area contributed by atoms with E-state index in [1.54, 1.807) is 23.3 Å². The summed E-state index contributed by atoms with van der Waals surface area (Å²) in [6.07, 6.45) is 9.96. The summed E-state index contributed by atoms with van der Waals surface area (Å²) in [6, 6.07) is 55.9. The molecule has 8 aromatic rings. The summed E-state index contributed by atoms with van der Waals surface area (Å²) < 4.78 is 0. The predicted octanol–water partition coefficient (Wildman–Crippen LogP) is 15.2. The molecule has 0 radical (unpaired) electrons. The van der Waals surface area contributed by atoms with Gasteiger partial charge in [-0.2, -0.15) is 12.1 Å². The van der Waals surface area contributed by atoms with Gasteiger partial charge in [-0.05, 0) is 67.9 Å². The number of rotatable bonds is 12. The van der Waals surface area contributed by atoms with E-state index >= 15 is 0 Å². The maximum Gasteiger partial charge on any atom is -1.00 e. The Hall–Kier alpha value is -3.78. The Balaban J connectivity index is 0.000000291. The van der Waals surface area contributed by atoms with Crippen molar-refractivity contribution >= 4 is 27.0 Å². The Morgan fingerprint density at radius 2 is 0.595 bits per heavy atom. The first-order chi connectivity index (χ1) is 33.9. The van der Waals surface area contributed by atoms with Gasteiger partial charge in [-0.3, -0.25) is 0 Å². The van der Waals surface area contributed by atoms with Gasteiger partial charge in [-0.1, -0.05) is 290 Å². The fourth-order valence-electron chi connectivity index (χ4n) is 9.77. The van der Waals surface area contributed by atoms with E-state index in [0.717, 1.165) is 12.8 Å². The molecule has 0 atom stereocenters. The third kappa shape index (κ3) is 16.6. The molecule has 4 heteroatoms. The Kier molecular flexibility index (Phi) is 22.9. The molecule has 0 saturated carbocycles. The second-order valence-electron chi connectivity index (χ2n) is 24.9. The van der Waals surface area contributed by atoms with Gasteiger partial charge in [0, 0.05) is 0 Å². The van der Waals surface area contributed by atoms with E-state index in [1.165, 1.54) is 138 Å². The van der Waals surface area contributed by atoms with Crippen LogP contribution >= 0.6 is 0 Å². The molecule has 0 N–H and O–H groups in total. The van der Waals surface area contributed by atoms with Crippen molar-refractivity contribution in [2.75, 3.05) is 0 Å². The molecule has 0 spiro atoms. The molecule has 0 bridgehead atoms. The molecule has 0 aliphatic heterocycles. The third-order valence-electron chi connectivity index (χ3n) is 14.3. The average molecular weight is 1120 g/mol. The fourth-order valence-corrected chi connectivity index (χ4v) is 9.77. The SMILES string of the molecule is CCCCCc1cc2c(-c3ccc(C(C)(C)C)cc3)ccc(-c3ccc(C(C)(C)C)cc3)c2[cH-]1.CCCCCc1cc2c(-c3ccc(C(C)(C)C)cc3)ccc(-c3ccc(C(C)(C)C)cc3)c2[cH-]1.C[Si](C)=[Zr+2].[Cl-].[Cl-]. The minimum atomic E-state index is 0. The van der Waals surface area contributed by atoms with Gasteiger partial charge in [0.2, 0.25) is 0 Å². The molecule has 0 heterocycles. The van der Waals surface area contributed by atoms with Crippen LogP contribution in [0.25, 0.3) is 66.1 Å². The Morgan fingerprint density at radius 3 is 0.824 bits per heavy atom. The molecular formula is C70H88Cl2SiZr-2. The minimum Gasteiger partial charge on any atom is -1.00 e. The first-order valence-electron chi connectivity index (χ1n) is 27.3. The largest absolute Gasteiger partial charge is 1.00 e. The Labute approximate surface area is 477 Å². The van der Waals surface area contributed by atoms with Crippen LogP contribution in [0.4, 0.5) is 0 Å². The zero-order valence-electron chi connectivity index (χ0n) is 48.3. The van der Waals surface area contributed by atoms with Gasteiger partial charge in [-0.25, -0.2) is 0 Å². The quantitative estimate of drug-likeness (QED) is 0.0650. The van der Waals surface area contributed by atoms with Crippen LogP contribution in [-0.2, 0) is 57.8 Å². The molecule has 8 rings (SSSR count). The van der Waals surface area contributed by atoms with Gasteiger partial charge in [-0.15, -0.1) is 44.8 Å². The summed E-state index contributed by atoms with van der Waals surface area (Å²) in [6.45, 7) is 36.5. The number of benzene rings is 6. The molecule has 0 fully saturated rings. The first-order valence-corrected chi connectivity index (χ1v) is 33.5. The maximum atomic E-state index is 2.45. The van der Waals surface area contributed by atoms with Crippen LogP contribution in [0.5, 0.6) is 0 Å². The van der Waals surface area contributed by atoms with E-state index in [4.69, 9.17) is 0 Å². The van der Waals surface area contributed by atoms with E-state index in [1.807, 2.05) is 0 Å². The predicted molar refractivity (Wildman–Crippen MR) is 320 cm³/mol. The number of hydrogen-bond acceptors (Lipinski definition) is 0. The smallest absolute Gasteiger partial charge is 1.00 e. The fraction of sp³-hybridized carbons (Fsp3) is 0.400. The van der Waals surface area contributed by atoms with Crippen molar-refractivity contribution in [3.05, 3.63) is 179 Å². The van der Waals surface area contributed by atoms with Crippen LogP contribution in [-0.4, -0.2) is 5.43 Å². The summed E-state index contributed by atoms with van der Waals surface area (Å²) in [4.78, 5) is 0. The molecule has 0 aliphatic carbocycles. The van der Waals surface area contributed by atoms with Crippen LogP contribution < -0.4 is 24.8 Å². The van der Waals surface area contributed by atoms with E-state index in [9.17, 15) is 0 Å². The van der Waals surface area contributed by atoms with Gasteiger partial charge in [0.15, 0.2) is 0 Å². The second kappa shape index (κ2) is 27.0. The minimum absolute atomic E-state index is 0. The van der Waals surface area contributed by atoms with Crippen molar-refractivity contribution < 1.29 is 48.1 Å². The molecule has 392 valence electrons. The molecule has 0 unspecified atom stereocenters. The van der Waals surface area contributed by atoms with E-state index in [2.05, 4.69) is 256 Å². The number of unbranched alkanes of at least 4 members (excludes halogenated alkanes) is 4. The van der Waals surface area contributed by atoms with Gasteiger partial charge in [0.1, 0.15) is 0 Å². The molecular weight excluding hydrogens is 1030 g/mol. The number of fused-ring (bicyclic) bond motifs is 2. The maximum absolute atomic E-state index is 2.45. The monoisotopic (exact) mass is 1120 g/mol. The summed E-state index contributed by atoms with van der Waals surface area (Å²) in [5, 5.41) is 5.53. The summed E-state index contributed by atoms with van der Waals surface area (Å²) in [5.74, 6) is 0. The molecule has 0 aliphatic rings. The van der Waals surface area contributed by atoms with Crippen molar-refractivity contribution in [2.24, 2.45) is 0 Å². The summed E-state index contributed by atoms with van der Waals surface area (Å²) in [5.41, 5.74) is 19.9. The standard InChI is InChI=1S/2C34H41.C2H6Si.2ClH.Zr/c2*1-8-9-10-11-24-22-31-29(25-12-16-27(17-13-25)33(2,3)4)20-21-30(32(31)23-24)26-14-18-28(19-15-26)34(5,6)7;1-3-2;;;/h2*12-23H,8-11H2,1-7H3;1-2H3;2*1H;/q2*-1;;;;+2/p-2. The first kappa shape index (κ1) is 62.8. The van der Waals surface area contributed by atoms with Crippen molar-refractivity contribution in [2.45, 2.75) is 183 Å². The molecule has 0 nitrogen and oxygen atoms in total. The third-order valence-corrected chi connectivity index (χ3v) is 14.3. The molecule has 74 heavy (non-hydrogen) atoms. The van der Waals surface area contributed by atoms with Crippen molar-refractivity contribution in [3.8, 4) is 44.5 Å². The number of aryl methyl sites for hydroxylation is 2. The van der Waals surface area contributed by atoms with E-state index < -0.39 is 0 Å². The molecule has 0 amide bonds. The van der Waals surface area contributed by atoms with Gasteiger partial charge in [0.25, 0.3) is 0 Å². The normalized spacial score (nSPS) is 11.8.